The average Bonchev–Trinajstić information content (AvgIpc) is 2.47. The minimum absolute atomic E-state index is 0.788. The average molecular weight is 255 g/mol. The van der Waals surface area contributed by atoms with Gasteiger partial charge in [-0.15, -0.1) is 0 Å². The van der Waals surface area contributed by atoms with Gasteiger partial charge in [0.15, 0.2) is 0 Å². The van der Waals surface area contributed by atoms with Gasteiger partial charge in [-0.1, -0.05) is 25.1 Å². The second kappa shape index (κ2) is 6.34. The molecule has 3 heteroatoms. The van der Waals surface area contributed by atoms with Gasteiger partial charge in [-0.05, 0) is 43.3 Å². The molecule has 2 aromatic rings. The number of nitrogens with one attached hydrogen (secondary N) is 1. The lowest BCUT2D eigenvalue weighted by atomic mass is 10.1. The van der Waals surface area contributed by atoms with Gasteiger partial charge < -0.3 is 10.2 Å². The van der Waals surface area contributed by atoms with Gasteiger partial charge in [0.1, 0.15) is 5.82 Å². The smallest absolute Gasteiger partial charge is 0.133 e. The van der Waals surface area contributed by atoms with E-state index in [-0.39, 0.29) is 0 Å². The van der Waals surface area contributed by atoms with E-state index in [2.05, 4.69) is 46.4 Å². The minimum atomic E-state index is 0.788. The van der Waals surface area contributed by atoms with Crippen molar-refractivity contribution in [3.63, 3.8) is 0 Å². The Kier molecular flexibility index (Phi) is 4.53. The molecule has 0 aliphatic rings. The summed E-state index contributed by atoms with van der Waals surface area (Å²) < 4.78 is 0. The Morgan fingerprint density at radius 3 is 2.47 bits per heavy atom. The van der Waals surface area contributed by atoms with E-state index in [1.54, 1.807) is 0 Å². The van der Waals surface area contributed by atoms with Crippen LogP contribution in [0, 0.1) is 0 Å². The monoisotopic (exact) mass is 255 g/mol. The Morgan fingerprint density at radius 2 is 1.84 bits per heavy atom. The number of rotatable bonds is 5. The molecule has 0 amide bonds. The summed E-state index contributed by atoms with van der Waals surface area (Å²) in [5.74, 6) is 0.969. The number of hydrogen-bond donors (Lipinski definition) is 1. The molecule has 1 heterocycles. The van der Waals surface area contributed by atoms with E-state index in [1.807, 2.05) is 32.3 Å². The van der Waals surface area contributed by atoms with Crippen LogP contribution in [0.15, 0.2) is 42.5 Å². The highest BCUT2D eigenvalue weighted by Crippen LogP contribution is 2.22. The van der Waals surface area contributed by atoms with E-state index in [0.29, 0.717) is 0 Å². The molecule has 0 unspecified atom stereocenters. The molecule has 1 aromatic heterocycles. The Labute approximate surface area is 115 Å². The normalized spacial score (nSPS) is 10.5. The second-order valence-corrected chi connectivity index (χ2v) is 4.60. The van der Waals surface area contributed by atoms with Crippen LogP contribution in [-0.4, -0.2) is 19.1 Å². The van der Waals surface area contributed by atoms with Crippen molar-refractivity contribution in [2.75, 3.05) is 19.0 Å². The molecule has 0 aliphatic heterocycles. The molecular weight excluding hydrogens is 234 g/mol. The molecular formula is C16H21N3. The third-order valence-electron chi connectivity index (χ3n) is 3.23. The molecule has 2 rings (SSSR count). The minimum Gasteiger partial charge on any atom is -0.329 e. The zero-order chi connectivity index (χ0) is 13.7. The van der Waals surface area contributed by atoms with Gasteiger partial charge in [0, 0.05) is 19.3 Å². The van der Waals surface area contributed by atoms with Crippen LogP contribution >= 0.6 is 0 Å². The number of anilines is 2. The highest BCUT2D eigenvalue weighted by molar-refractivity contribution is 5.59. The van der Waals surface area contributed by atoms with Crippen molar-refractivity contribution < 1.29 is 0 Å². The van der Waals surface area contributed by atoms with Crippen LogP contribution in [0.5, 0.6) is 0 Å². The van der Waals surface area contributed by atoms with Crippen LogP contribution in [-0.2, 0) is 13.0 Å². The van der Waals surface area contributed by atoms with Crippen LogP contribution in [0.25, 0.3) is 0 Å². The summed E-state index contributed by atoms with van der Waals surface area (Å²) in [4.78, 5) is 6.75. The molecule has 100 valence electrons. The van der Waals surface area contributed by atoms with Crippen molar-refractivity contribution >= 4 is 11.5 Å². The van der Waals surface area contributed by atoms with Crippen molar-refractivity contribution in [3.8, 4) is 0 Å². The lowest BCUT2D eigenvalue weighted by Gasteiger charge is -2.19. The maximum atomic E-state index is 4.64. The lowest BCUT2D eigenvalue weighted by molar-refractivity contribution is 0.790. The number of pyridine rings is 1. The van der Waals surface area contributed by atoms with Crippen LogP contribution in [0.3, 0.4) is 0 Å². The Morgan fingerprint density at radius 1 is 1.11 bits per heavy atom. The van der Waals surface area contributed by atoms with Crippen molar-refractivity contribution in [2.45, 2.75) is 19.9 Å². The first-order valence-corrected chi connectivity index (χ1v) is 6.67. The second-order valence-electron chi connectivity index (χ2n) is 4.60. The van der Waals surface area contributed by atoms with Crippen LogP contribution < -0.4 is 10.2 Å². The summed E-state index contributed by atoms with van der Waals surface area (Å²) in [7, 11) is 3.98. The molecule has 0 saturated carbocycles. The largest absolute Gasteiger partial charge is 0.329 e. The summed E-state index contributed by atoms with van der Waals surface area (Å²) >= 11 is 0. The molecule has 0 aliphatic carbocycles. The van der Waals surface area contributed by atoms with E-state index in [1.165, 1.54) is 5.56 Å². The fourth-order valence-electron chi connectivity index (χ4n) is 2.02. The van der Waals surface area contributed by atoms with Gasteiger partial charge in [-0.25, -0.2) is 4.98 Å². The van der Waals surface area contributed by atoms with Crippen LogP contribution in [0.1, 0.15) is 18.2 Å². The summed E-state index contributed by atoms with van der Waals surface area (Å²) in [6, 6.07) is 14.7. The summed E-state index contributed by atoms with van der Waals surface area (Å²) in [5.41, 5.74) is 3.57. The summed E-state index contributed by atoms with van der Waals surface area (Å²) in [5, 5.41) is 3.12. The molecule has 3 nitrogen and oxygen atoms in total. The Hall–Kier alpha value is -1.87. The van der Waals surface area contributed by atoms with E-state index in [0.717, 1.165) is 30.2 Å². The number of hydrogen-bond acceptors (Lipinski definition) is 3. The molecule has 0 atom stereocenters. The zero-order valence-electron chi connectivity index (χ0n) is 11.9. The predicted molar refractivity (Wildman–Crippen MR) is 80.9 cm³/mol. The highest BCUT2D eigenvalue weighted by Gasteiger charge is 2.05. The SMILES string of the molecule is CCc1ccc(N(C)c2cccc(CNC)n2)cc1. The lowest BCUT2D eigenvalue weighted by Crippen LogP contribution is -2.13. The van der Waals surface area contributed by atoms with Crippen molar-refractivity contribution in [1.82, 2.24) is 10.3 Å². The summed E-state index contributed by atoms with van der Waals surface area (Å²) in [6.45, 7) is 2.96. The van der Waals surface area contributed by atoms with E-state index >= 15 is 0 Å². The first-order chi connectivity index (χ1) is 9.24. The fraction of sp³-hybridized carbons (Fsp3) is 0.312. The van der Waals surface area contributed by atoms with E-state index < -0.39 is 0 Å². The van der Waals surface area contributed by atoms with Gasteiger partial charge in [-0.2, -0.15) is 0 Å². The highest BCUT2D eigenvalue weighted by atomic mass is 15.2. The number of nitrogens with zero attached hydrogens (tertiary/aromatic N) is 2. The third kappa shape index (κ3) is 3.32. The Balaban J connectivity index is 2.22. The molecule has 0 bridgehead atoms. The topological polar surface area (TPSA) is 28.2 Å². The maximum Gasteiger partial charge on any atom is 0.133 e. The van der Waals surface area contributed by atoms with Gasteiger partial charge >= 0.3 is 0 Å². The van der Waals surface area contributed by atoms with Crippen molar-refractivity contribution in [1.29, 1.82) is 0 Å². The van der Waals surface area contributed by atoms with Crippen LogP contribution in [0.4, 0.5) is 11.5 Å². The Bertz CT molecular complexity index is 520. The fourth-order valence-corrected chi connectivity index (χ4v) is 2.02. The molecule has 0 saturated heterocycles. The van der Waals surface area contributed by atoms with Crippen LogP contribution in [0.2, 0.25) is 0 Å². The molecule has 0 fully saturated rings. The third-order valence-corrected chi connectivity index (χ3v) is 3.23. The van der Waals surface area contributed by atoms with Gasteiger partial charge in [0.25, 0.3) is 0 Å². The molecule has 19 heavy (non-hydrogen) atoms. The zero-order valence-corrected chi connectivity index (χ0v) is 11.9. The van der Waals surface area contributed by atoms with E-state index in [4.69, 9.17) is 0 Å². The molecule has 0 radical (unpaired) electrons. The standard InChI is InChI=1S/C16H21N3/c1-4-13-8-10-15(11-9-13)19(3)16-7-5-6-14(18-16)12-17-2/h5-11,17H,4,12H2,1-3H3. The number of aromatic nitrogens is 1. The predicted octanol–water partition coefficient (Wildman–Crippen LogP) is 3.13. The number of aryl methyl sites for hydroxylation is 1. The van der Waals surface area contributed by atoms with Gasteiger partial charge in [0.2, 0.25) is 0 Å². The summed E-state index contributed by atoms with van der Waals surface area (Å²) in [6.07, 6.45) is 1.07. The molecule has 0 spiro atoms. The quantitative estimate of drug-likeness (QED) is 0.889. The molecule has 1 aromatic carbocycles. The maximum absolute atomic E-state index is 4.64. The van der Waals surface area contributed by atoms with E-state index in [9.17, 15) is 0 Å². The molecule has 1 N–H and O–H groups in total. The first-order valence-electron chi connectivity index (χ1n) is 6.67. The van der Waals surface area contributed by atoms with Crippen molar-refractivity contribution in [2.24, 2.45) is 0 Å². The first kappa shape index (κ1) is 13.6. The van der Waals surface area contributed by atoms with Gasteiger partial charge in [0.05, 0.1) is 5.69 Å². The van der Waals surface area contributed by atoms with Crippen molar-refractivity contribution in [3.05, 3.63) is 53.7 Å². The van der Waals surface area contributed by atoms with Gasteiger partial charge in [-0.3, -0.25) is 0 Å². The number of benzene rings is 1.